The zero-order valence-electron chi connectivity index (χ0n) is 25.8. The van der Waals surface area contributed by atoms with Crippen molar-refractivity contribution in [1.82, 2.24) is 9.89 Å². The number of nitrogens with one attached hydrogen (secondary N) is 1. The Hall–Kier alpha value is -3.64. The fraction of sp³-hybridized carbons (Fsp3) is 0.429. The van der Waals surface area contributed by atoms with Crippen LogP contribution in [0.3, 0.4) is 0 Å². The second-order valence-electron chi connectivity index (χ2n) is 10.9. The normalized spacial score (nSPS) is 11.7. The molecule has 6 heteroatoms. The first-order chi connectivity index (χ1) is 19.8. The van der Waals surface area contributed by atoms with Crippen molar-refractivity contribution in [3.63, 3.8) is 0 Å². The number of hydrogen-bond acceptors (Lipinski definition) is 4. The molecule has 1 amide bonds. The topological polar surface area (TPSA) is 57.7 Å². The Kier molecular flexibility index (Phi) is 9.87. The Morgan fingerprint density at radius 3 is 2.34 bits per heavy atom. The average molecular weight is 557 g/mol. The first kappa shape index (κ1) is 30.3. The van der Waals surface area contributed by atoms with Gasteiger partial charge in [0.1, 0.15) is 24.4 Å². The van der Waals surface area contributed by atoms with Gasteiger partial charge in [0.05, 0.1) is 11.7 Å². The monoisotopic (exact) mass is 556 g/mol. The summed E-state index contributed by atoms with van der Waals surface area (Å²) in [6, 6.07) is 20.7. The molecule has 41 heavy (non-hydrogen) atoms. The van der Waals surface area contributed by atoms with E-state index < -0.39 is 0 Å². The second kappa shape index (κ2) is 13.3. The Balaban J connectivity index is 1.90. The van der Waals surface area contributed by atoms with Gasteiger partial charge in [-0.2, -0.15) is 0 Å². The first-order valence-electron chi connectivity index (χ1n) is 15.1. The van der Waals surface area contributed by atoms with E-state index in [0.717, 1.165) is 77.1 Å². The molecule has 1 N–H and O–H groups in total. The predicted molar refractivity (Wildman–Crippen MR) is 171 cm³/mol. The molecule has 4 rings (SSSR count). The maximum absolute atomic E-state index is 13.6. The molecule has 218 valence electrons. The number of nitrogens with zero attached hydrogens (tertiary/aromatic N) is 2. The molecule has 1 aliphatic carbocycles. The lowest BCUT2D eigenvalue weighted by molar-refractivity contribution is -0.0153. The Morgan fingerprint density at radius 2 is 1.66 bits per heavy atom. The Morgan fingerprint density at radius 1 is 0.927 bits per heavy atom. The summed E-state index contributed by atoms with van der Waals surface area (Å²) in [6.07, 6.45) is 0.729. The zero-order valence-corrected chi connectivity index (χ0v) is 25.8. The molecule has 0 unspecified atom stereocenters. The van der Waals surface area contributed by atoms with Crippen molar-refractivity contribution in [3.05, 3.63) is 71.6 Å². The third kappa shape index (κ3) is 6.65. The van der Waals surface area contributed by atoms with E-state index in [0.29, 0.717) is 18.7 Å². The molecule has 0 fully saturated rings. The Bertz CT molecular complexity index is 1530. The van der Waals surface area contributed by atoms with Gasteiger partial charge < -0.3 is 19.4 Å². The molecular formula is C35H46N3O3+. The van der Waals surface area contributed by atoms with Crippen molar-refractivity contribution < 1.29 is 13.9 Å². The maximum atomic E-state index is 13.6. The van der Waals surface area contributed by atoms with Gasteiger partial charge in [-0.15, -0.1) is 0 Å². The number of carbonyl (C=O) groups is 1. The summed E-state index contributed by atoms with van der Waals surface area (Å²) in [5.74, 6) is 0.719. The van der Waals surface area contributed by atoms with Crippen LogP contribution < -0.4 is 20.1 Å². The van der Waals surface area contributed by atoms with Crippen LogP contribution in [0.15, 0.2) is 65.1 Å². The Labute approximate surface area is 245 Å². The van der Waals surface area contributed by atoms with Gasteiger partial charge in [-0.3, -0.25) is 4.79 Å². The van der Waals surface area contributed by atoms with Crippen LogP contribution in [-0.2, 0) is 4.74 Å². The van der Waals surface area contributed by atoms with Gasteiger partial charge in [0.2, 0.25) is 5.36 Å². The molecule has 2 aromatic carbocycles. The quantitative estimate of drug-likeness (QED) is 0.154. The van der Waals surface area contributed by atoms with Crippen molar-refractivity contribution in [3.8, 4) is 22.5 Å². The largest absolute Gasteiger partial charge is 0.456 e. The SMILES string of the molecule is CCOC(C)(C)CCNC(=O)c1ccccc1-c1c2ccc(=[N+](CC)CC)cc-2oc2cc(N(CC)CC)ccc12. The molecule has 2 aromatic rings. The summed E-state index contributed by atoms with van der Waals surface area (Å²) in [5.41, 5.74) is 5.18. The maximum Gasteiger partial charge on any atom is 0.251 e. The van der Waals surface area contributed by atoms with E-state index >= 15 is 0 Å². The standard InChI is InChI=1S/C35H45N3O3/c1-8-37(9-2)25-17-19-29-31(23-25)41-32-24-26(38(10-3)11-4)18-20-30(32)33(29)27-15-13-14-16-28(27)34(39)36-22-21-35(6,7)40-12-5/h13-20,23-24H,8-12,21-22H2,1-7H3/p+1. The van der Waals surface area contributed by atoms with Gasteiger partial charge in [0.15, 0.2) is 0 Å². The molecule has 0 atom stereocenters. The minimum Gasteiger partial charge on any atom is -0.456 e. The van der Waals surface area contributed by atoms with Crippen LogP contribution in [0.4, 0.5) is 5.69 Å². The van der Waals surface area contributed by atoms with E-state index in [4.69, 9.17) is 9.15 Å². The van der Waals surface area contributed by atoms with Crippen molar-refractivity contribution in [1.29, 1.82) is 0 Å². The van der Waals surface area contributed by atoms with Gasteiger partial charge in [-0.05, 0) is 84.7 Å². The molecule has 6 nitrogen and oxygen atoms in total. The third-order valence-electron chi connectivity index (χ3n) is 7.93. The summed E-state index contributed by atoms with van der Waals surface area (Å²) in [6.45, 7) is 19.6. The van der Waals surface area contributed by atoms with Crippen LogP contribution in [0, 0.1) is 0 Å². The second-order valence-corrected chi connectivity index (χ2v) is 10.9. The van der Waals surface area contributed by atoms with E-state index in [1.165, 1.54) is 0 Å². The molecule has 2 aliphatic rings. The number of amides is 1. The van der Waals surface area contributed by atoms with Gasteiger partial charge in [-0.25, -0.2) is 4.58 Å². The molecule has 0 saturated carbocycles. The summed E-state index contributed by atoms with van der Waals surface area (Å²) in [4.78, 5) is 15.9. The summed E-state index contributed by atoms with van der Waals surface area (Å²) < 4.78 is 14.8. The van der Waals surface area contributed by atoms with Crippen LogP contribution in [0.2, 0.25) is 0 Å². The number of ether oxygens (including phenoxy) is 1. The lowest BCUT2D eigenvalue weighted by Gasteiger charge is -2.25. The van der Waals surface area contributed by atoms with Crippen molar-refractivity contribution in [2.45, 2.75) is 60.5 Å². The van der Waals surface area contributed by atoms with E-state index in [9.17, 15) is 4.79 Å². The number of carbonyl (C=O) groups excluding carboxylic acids is 1. The van der Waals surface area contributed by atoms with Crippen molar-refractivity contribution >= 4 is 22.6 Å². The van der Waals surface area contributed by atoms with Crippen LogP contribution in [0.1, 0.15) is 65.2 Å². The van der Waals surface area contributed by atoms with Gasteiger partial charge in [-0.1, -0.05) is 18.2 Å². The molecular weight excluding hydrogens is 510 g/mol. The van der Waals surface area contributed by atoms with Gasteiger partial charge in [0.25, 0.3) is 5.91 Å². The molecule has 1 heterocycles. The minimum atomic E-state index is -0.292. The minimum absolute atomic E-state index is 0.0884. The van der Waals surface area contributed by atoms with Crippen molar-refractivity contribution in [2.24, 2.45) is 0 Å². The summed E-state index contributed by atoms with van der Waals surface area (Å²) in [5, 5.41) is 5.25. The summed E-state index contributed by atoms with van der Waals surface area (Å²) in [7, 11) is 0. The fourth-order valence-corrected chi connectivity index (χ4v) is 5.66. The molecule has 0 aromatic heterocycles. The average Bonchev–Trinajstić information content (AvgIpc) is 2.97. The van der Waals surface area contributed by atoms with Gasteiger partial charge in [0, 0.05) is 66.1 Å². The number of hydrogen-bond donors (Lipinski definition) is 1. The zero-order chi connectivity index (χ0) is 29.6. The summed E-state index contributed by atoms with van der Waals surface area (Å²) >= 11 is 0. The third-order valence-corrected chi connectivity index (χ3v) is 7.93. The molecule has 0 saturated heterocycles. The molecule has 0 radical (unpaired) electrons. The van der Waals surface area contributed by atoms with E-state index in [1.54, 1.807) is 0 Å². The molecule has 0 spiro atoms. The highest BCUT2D eigenvalue weighted by Gasteiger charge is 2.23. The molecule has 1 aliphatic heterocycles. The number of anilines is 1. The van der Waals surface area contributed by atoms with Crippen LogP contribution in [0.25, 0.3) is 33.4 Å². The number of benzene rings is 3. The van der Waals surface area contributed by atoms with E-state index in [1.807, 2.05) is 31.2 Å². The van der Waals surface area contributed by atoms with E-state index in [-0.39, 0.29) is 11.5 Å². The van der Waals surface area contributed by atoms with Crippen LogP contribution >= 0.6 is 0 Å². The fourth-order valence-electron chi connectivity index (χ4n) is 5.66. The van der Waals surface area contributed by atoms with Crippen molar-refractivity contribution in [2.75, 3.05) is 44.2 Å². The number of fused-ring (bicyclic) bond motifs is 2. The highest BCUT2D eigenvalue weighted by molar-refractivity contribution is 6.09. The van der Waals surface area contributed by atoms with E-state index in [2.05, 4.69) is 92.7 Å². The molecule has 0 bridgehead atoms. The smallest absolute Gasteiger partial charge is 0.251 e. The van der Waals surface area contributed by atoms with Crippen LogP contribution in [0.5, 0.6) is 0 Å². The first-order valence-corrected chi connectivity index (χ1v) is 15.1. The predicted octanol–water partition coefficient (Wildman–Crippen LogP) is 6.80. The highest BCUT2D eigenvalue weighted by atomic mass is 16.5. The van der Waals surface area contributed by atoms with Crippen LogP contribution in [-0.4, -0.2) is 50.8 Å². The highest BCUT2D eigenvalue weighted by Crippen LogP contribution is 2.42. The lowest BCUT2D eigenvalue weighted by Crippen LogP contribution is -2.33. The lowest BCUT2D eigenvalue weighted by atomic mass is 9.90. The number of rotatable bonds is 12. The van der Waals surface area contributed by atoms with Gasteiger partial charge >= 0.3 is 0 Å².